The molecule has 0 aliphatic heterocycles. The van der Waals surface area contributed by atoms with Gasteiger partial charge in [0.1, 0.15) is 5.52 Å². The number of halogens is 1. The summed E-state index contributed by atoms with van der Waals surface area (Å²) in [7, 11) is 0. The molecule has 0 atom stereocenters. The highest BCUT2D eigenvalue weighted by molar-refractivity contribution is 6.35. The Bertz CT molecular complexity index is 1560. The van der Waals surface area contributed by atoms with Crippen molar-refractivity contribution in [2.24, 2.45) is 0 Å². The lowest BCUT2D eigenvalue weighted by molar-refractivity contribution is 1.21. The van der Waals surface area contributed by atoms with E-state index in [1.165, 1.54) is 12.3 Å². The van der Waals surface area contributed by atoms with Crippen LogP contribution in [-0.2, 0) is 0 Å². The van der Waals surface area contributed by atoms with Crippen LogP contribution < -0.4 is 5.43 Å². The van der Waals surface area contributed by atoms with Gasteiger partial charge in [-0.05, 0) is 30.7 Å². The SMILES string of the molecule is Cc1c(C#N)cccc1-c1nc2[nH]ccc(=O)c2nc1-c1cc(Cl)c2nc[nH]c2c1. The van der Waals surface area contributed by atoms with Gasteiger partial charge < -0.3 is 9.97 Å². The first-order valence-electron chi connectivity index (χ1n) is 9.09. The highest BCUT2D eigenvalue weighted by Crippen LogP contribution is 2.35. The van der Waals surface area contributed by atoms with E-state index in [4.69, 9.17) is 16.6 Å². The number of imidazole rings is 1. The zero-order valence-corrected chi connectivity index (χ0v) is 16.4. The average molecular weight is 413 g/mol. The lowest BCUT2D eigenvalue weighted by Gasteiger charge is -2.13. The summed E-state index contributed by atoms with van der Waals surface area (Å²) in [4.78, 5) is 32.1. The van der Waals surface area contributed by atoms with Gasteiger partial charge in [-0.15, -0.1) is 0 Å². The second-order valence-electron chi connectivity index (χ2n) is 6.81. The van der Waals surface area contributed by atoms with Gasteiger partial charge in [0.05, 0.1) is 39.9 Å². The summed E-state index contributed by atoms with van der Waals surface area (Å²) < 4.78 is 0. The number of rotatable bonds is 2. The third kappa shape index (κ3) is 2.74. The van der Waals surface area contributed by atoms with E-state index in [0.717, 1.165) is 16.6 Å². The van der Waals surface area contributed by atoms with Crippen molar-refractivity contribution in [3.05, 3.63) is 75.3 Å². The molecule has 30 heavy (non-hydrogen) atoms. The Morgan fingerprint density at radius 2 is 1.93 bits per heavy atom. The van der Waals surface area contributed by atoms with E-state index in [9.17, 15) is 10.1 Å². The van der Waals surface area contributed by atoms with Gasteiger partial charge in [0.25, 0.3) is 0 Å². The maximum atomic E-state index is 12.4. The van der Waals surface area contributed by atoms with Gasteiger partial charge in [0.2, 0.25) is 5.43 Å². The molecule has 0 fully saturated rings. The summed E-state index contributed by atoms with van der Waals surface area (Å²) in [5.41, 5.74) is 5.57. The fraction of sp³-hybridized carbons (Fsp3) is 0.0455. The quantitative estimate of drug-likeness (QED) is 0.447. The van der Waals surface area contributed by atoms with Crippen molar-refractivity contribution in [2.45, 2.75) is 6.92 Å². The zero-order chi connectivity index (χ0) is 20.8. The van der Waals surface area contributed by atoms with Crippen molar-refractivity contribution in [3.8, 4) is 28.6 Å². The third-order valence-electron chi connectivity index (χ3n) is 5.04. The Morgan fingerprint density at radius 3 is 2.77 bits per heavy atom. The number of H-pyrrole nitrogens is 2. The summed E-state index contributed by atoms with van der Waals surface area (Å²) in [5, 5.41) is 9.91. The number of nitrogens with zero attached hydrogens (tertiary/aromatic N) is 4. The Morgan fingerprint density at radius 1 is 1.07 bits per heavy atom. The van der Waals surface area contributed by atoms with Crippen LogP contribution in [0.1, 0.15) is 11.1 Å². The number of aromatic amines is 2. The summed E-state index contributed by atoms with van der Waals surface area (Å²) >= 11 is 6.44. The average Bonchev–Trinajstić information content (AvgIpc) is 3.23. The Hall–Kier alpha value is -4.02. The van der Waals surface area contributed by atoms with E-state index < -0.39 is 0 Å². The Balaban J connectivity index is 1.90. The number of hydrogen-bond acceptors (Lipinski definition) is 5. The fourth-order valence-electron chi connectivity index (χ4n) is 3.53. The largest absolute Gasteiger partial charge is 0.345 e. The first kappa shape index (κ1) is 18.0. The molecule has 0 saturated carbocycles. The van der Waals surface area contributed by atoms with Crippen molar-refractivity contribution >= 4 is 33.8 Å². The molecule has 0 radical (unpaired) electrons. The van der Waals surface area contributed by atoms with Gasteiger partial charge in [-0.1, -0.05) is 23.7 Å². The van der Waals surface area contributed by atoms with Gasteiger partial charge in [0.15, 0.2) is 11.2 Å². The molecule has 7 nitrogen and oxygen atoms in total. The molecular formula is C22H13ClN6O. The van der Waals surface area contributed by atoms with Crippen molar-refractivity contribution in [1.29, 1.82) is 5.26 Å². The minimum Gasteiger partial charge on any atom is -0.345 e. The van der Waals surface area contributed by atoms with Crippen molar-refractivity contribution in [1.82, 2.24) is 24.9 Å². The molecule has 0 aliphatic carbocycles. The predicted molar refractivity (Wildman–Crippen MR) is 115 cm³/mol. The fourth-order valence-corrected chi connectivity index (χ4v) is 3.80. The molecule has 0 saturated heterocycles. The van der Waals surface area contributed by atoms with Crippen LogP contribution in [0.2, 0.25) is 5.02 Å². The molecule has 5 aromatic rings. The second-order valence-corrected chi connectivity index (χ2v) is 7.21. The van der Waals surface area contributed by atoms with E-state index in [-0.39, 0.29) is 10.9 Å². The number of fused-ring (bicyclic) bond motifs is 2. The zero-order valence-electron chi connectivity index (χ0n) is 15.7. The molecule has 3 heterocycles. The molecular weight excluding hydrogens is 400 g/mol. The minimum atomic E-state index is -0.236. The summed E-state index contributed by atoms with van der Waals surface area (Å²) in [6.45, 7) is 1.86. The third-order valence-corrected chi connectivity index (χ3v) is 5.33. The van der Waals surface area contributed by atoms with E-state index >= 15 is 0 Å². The number of pyridine rings is 1. The number of nitrogens with one attached hydrogen (secondary N) is 2. The van der Waals surface area contributed by atoms with Crippen molar-refractivity contribution in [2.75, 3.05) is 0 Å². The minimum absolute atomic E-state index is 0.228. The molecule has 0 spiro atoms. The van der Waals surface area contributed by atoms with Gasteiger partial charge >= 0.3 is 0 Å². The number of aromatic nitrogens is 5. The number of benzene rings is 2. The van der Waals surface area contributed by atoms with E-state index in [1.54, 1.807) is 24.5 Å². The van der Waals surface area contributed by atoms with Crippen LogP contribution in [0, 0.1) is 18.3 Å². The molecule has 3 aromatic heterocycles. The maximum absolute atomic E-state index is 12.4. The highest BCUT2D eigenvalue weighted by Gasteiger charge is 2.19. The van der Waals surface area contributed by atoms with E-state index in [0.29, 0.717) is 38.7 Å². The van der Waals surface area contributed by atoms with Crippen LogP contribution in [0.3, 0.4) is 0 Å². The molecule has 0 unspecified atom stereocenters. The van der Waals surface area contributed by atoms with Gasteiger partial charge in [0, 0.05) is 23.4 Å². The first-order chi connectivity index (χ1) is 14.6. The molecule has 144 valence electrons. The van der Waals surface area contributed by atoms with E-state index in [2.05, 4.69) is 26.0 Å². The summed E-state index contributed by atoms with van der Waals surface area (Å²) in [6.07, 6.45) is 3.10. The monoisotopic (exact) mass is 412 g/mol. The van der Waals surface area contributed by atoms with Gasteiger partial charge in [-0.3, -0.25) is 4.79 Å². The van der Waals surface area contributed by atoms with Crippen LogP contribution in [0.15, 0.2) is 53.7 Å². The van der Waals surface area contributed by atoms with Crippen molar-refractivity contribution in [3.63, 3.8) is 0 Å². The summed E-state index contributed by atoms with van der Waals surface area (Å²) in [6, 6.07) is 12.7. The second kappa shape index (κ2) is 6.79. The maximum Gasteiger partial charge on any atom is 0.209 e. The molecule has 8 heteroatoms. The Labute approximate surface area is 175 Å². The smallest absolute Gasteiger partial charge is 0.209 e. The van der Waals surface area contributed by atoms with Crippen LogP contribution in [0.5, 0.6) is 0 Å². The van der Waals surface area contributed by atoms with Gasteiger partial charge in [-0.2, -0.15) is 5.26 Å². The number of hydrogen-bond donors (Lipinski definition) is 2. The predicted octanol–water partition coefficient (Wildman–Crippen LogP) is 4.36. The van der Waals surface area contributed by atoms with Gasteiger partial charge in [-0.25, -0.2) is 15.0 Å². The standard InChI is InChI=1S/C22H13ClN6O/c1-11-12(9-24)3-2-4-14(11)19-18(28-21-17(30)5-6-25-22(21)29-19)13-7-15(23)20-16(8-13)26-10-27-20/h2-8,10H,1H3,(H,26,27)(H,25,29,30). The number of nitriles is 1. The normalized spacial score (nSPS) is 11.1. The molecule has 5 rings (SSSR count). The van der Waals surface area contributed by atoms with Crippen LogP contribution >= 0.6 is 11.6 Å². The van der Waals surface area contributed by atoms with Crippen molar-refractivity contribution < 1.29 is 0 Å². The lowest BCUT2D eigenvalue weighted by atomic mass is 9.97. The van der Waals surface area contributed by atoms with E-state index in [1.807, 2.05) is 19.1 Å². The molecule has 0 aliphatic rings. The first-order valence-corrected chi connectivity index (χ1v) is 9.47. The molecule has 0 bridgehead atoms. The van der Waals surface area contributed by atoms with Crippen LogP contribution in [-0.4, -0.2) is 24.9 Å². The van der Waals surface area contributed by atoms with Crippen LogP contribution in [0.4, 0.5) is 0 Å². The molecule has 0 amide bonds. The topological polar surface area (TPSA) is 111 Å². The van der Waals surface area contributed by atoms with Crippen LogP contribution in [0.25, 0.3) is 44.7 Å². The summed E-state index contributed by atoms with van der Waals surface area (Å²) in [5.74, 6) is 0. The Kier molecular flexibility index (Phi) is 4.09. The molecule has 2 N–H and O–H groups in total. The molecule has 2 aromatic carbocycles. The lowest BCUT2D eigenvalue weighted by Crippen LogP contribution is -2.07. The highest BCUT2D eigenvalue weighted by atomic mass is 35.5.